The molecule has 2 N–H and O–H groups in total. The summed E-state index contributed by atoms with van der Waals surface area (Å²) in [6, 6.07) is 5.68. The molecule has 0 saturated carbocycles. The molecule has 1 amide bonds. The summed E-state index contributed by atoms with van der Waals surface area (Å²) < 4.78 is 11.3. The number of carbonyl (C=O) groups excluding carboxylic acids is 1. The summed E-state index contributed by atoms with van der Waals surface area (Å²) >= 11 is 3.49. The van der Waals surface area contributed by atoms with Gasteiger partial charge in [0, 0.05) is 24.7 Å². The fourth-order valence-electron chi connectivity index (χ4n) is 1.53. The highest BCUT2D eigenvalue weighted by Crippen LogP contribution is 2.22. The molecule has 5 nitrogen and oxygen atoms in total. The van der Waals surface area contributed by atoms with Crippen molar-refractivity contribution >= 4 is 21.8 Å². The summed E-state index contributed by atoms with van der Waals surface area (Å²) in [5.41, 5.74) is 1.10. The summed E-state index contributed by atoms with van der Waals surface area (Å²) in [7, 11) is 1.59. The average molecular weight is 345 g/mol. The normalized spacial score (nSPS) is 10.3. The Hall–Kier alpha value is -1.11. The second-order valence-electron chi connectivity index (χ2n) is 4.16. The molecule has 1 aromatic rings. The van der Waals surface area contributed by atoms with Gasteiger partial charge in [-0.3, -0.25) is 4.79 Å². The van der Waals surface area contributed by atoms with Crippen molar-refractivity contribution in [3.63, 3.8) is 0 Å². The monoisotopic (exact) mass is 344 g/mol. The molecule has 0 atom stereocenters. The standard InChI is InChI=1S/C14H21BrN2O3/c1-3-16-9-11-8-12(4-5-13(11)15)20-10-14(18)17-6-7-19-2/h4-5,8,16H,3,6-7,9-10H2,1-2H3,(H,17,18). The Kier molecular flexibility index (Phi) is 8.25. The lowest BCUT2D eigenvalue weighted by atomic mass is 10.2. The maximum atomic E-state index is 11.5. The molecule has 112 valence electrons. The first-order chi connectivity index (χ1) is 9.67. The van der Waals surface area contributed by atoms with Crippen LogP contribution in [-0.4, -0.2) is 39.3 Å². The Morgan fingerprint density at radius 2 is 2.20 bits per heavy atom. The van der Waals surface area contributed by atoms with Gasteiger partial charge in [-0.25, -0.2) is 0 Å². The van der Waals surface area contributed by atoms with Gasteiger partial charge in [-0.15, -0.1) is 0 Å². The molecule has 0 aromatic heterocycles. The Balaban J connectivity index is 2.45. The molecule has 0 bridgehead atoms. The minimum Gasteiger partial charge on any atom is -0.484 e. The lowest BCUT2D eigenvalue weighted by Gasteiger charge is -2.10. The highest BCUT2D eigenvalue weighted by atomic mass is 79.9. The van der Waals surface area contributed by atoms with Crippen LogP contribution >= 0.6 is 15.9 Å². The molecule has 1 rings (SSSR count). The second-order valence-corrected chi connectivity index (χ2v) is 5.02. The van der Waals surface area contributed by atoms with Crippen molar-refractivity contribution in [1.82, 2.24) is 10.6 Å². The molecule has 0 aliphatic rings. The fourth-order valence-corrected chi connectivity index (χ4v) is 1.92. The average Bonchev–Trinajstić information content (AvgIpc) is 2.45. The number of nitrogens with one attached hydrogen (secondary N) is 2. The maximum absolute atomic E-state index is 11.5. The number of ether oxygens (including phenoxy) is 2. The summed E-state index contributed by atoms with van der Waals surface area (Å²) in [5, 5.41) is 5.96. The number of rotatable bonds is 9. The van der Waals surface area contributed by atoms with Crippen LogP contribution in [0.15, 0.2) is 22.7 Å². The zero-order valence-electron chi connectivity index (χ0n) is 11.9. The Morgan fingerprint density at radius 1 is 1.40 bits per heavy atom. The molecular weight excluding hydrogens is 324 g/mol. The largest absolute Gasteiger partial charge is 0.484 e. The summed E-state index contributed by atoms with van der Waals surface area (Å²) in [5.74, 6) is 0.529. The van der Waals surface area contributed by atoms with Crippen LogP contribution in [0.1, 0.15) is 12.5 Å². The predicted molar refractivity (Wildman–Crippen MR) is 81.9 cm³/mol. The number of hydrogen-bond acceptors (Lipinski definition) is 4. The third-order valence-electron chi connectivity index (χ3n) is 2.58. The number of benzene rings is 1. The van der Waals surface area contributed by atoms with Crippen LogP contribution in [0.2, 0.25) is 0 Å². The molecule has 0 aliphatic heterocycles. The smallest absolute Gasteiger partial charge is 0.258 e. The van der Waals surface area contributed by atoms with Crippen molar-refractivity contribution in [2.75, 3.05) is 33.4 Å². The number of hydrogen-bond donors (Lipinski definition) is 2. The quantitative estimate of drug-likeness (QED) is 0.669. The zero-order valence-corrected chi connectivity index (χ0v) is 13.5. The summed E-state index contributed by atoms with van der Waals surface area (Å²) in [4.78, 5) is 11.5. The van der Waals surface area contributed by atoms with Crippen molar-refractivity contribution in [3.05, 3.63) is 28.2 Å². The van der Waals surface area contributed by atoms with E-state index in [2.05, 4.69) is 33.5 Å². The Morgan fingerprint density at radius 3 is 2.90 bits per heavy atom. The third kappa shape index (κ3) is 6.36. The van der Waals surface area contributed by atoms with E-state index >= 15 is 0 Å². The van der Waals surface area contributed by atoms with Crippen molar-refractivity contribution in [2.45, 2.75) is 13.5 Å². The second kappa shape index (κ2) is 9.74. The van der Waals surface area contributed by atoms with Crippen LogP contribution in [-0.2, 0) is 16.1 Å². The SMILES string of the molecule is CCNCc1cc(OCC(=O)NCCOC)ccc1Br. The highest BCUT2D eigenvalue weighted by molar-refractivity contribution is 9.10. The van der Waals surface area contributed by atoms with Gasteiger partial charge < -0.3 is 20.1 Å². The number of halogens is 1. The van der Waals surface area contributed by atoms with Crippen molar-refractivity contribution in [1.29, 1.82) is 0 Å². The van der Waals surface area contributed by atoms with Gasteiger partial charge in [0.15, 0.2) is 6.61 Å². The van der Waals surface area contributed by atoms with E-state index in [1.807, 2.05) is 18.2 Å². The molecule has 20 heavy (non-hydrogen) atoms. The minimum absolute atomic E-state index is 0.00595. The minimum atomic E-state index is -0.154. The van der Waals surface area contributed by atoms with Crippen molar-refractivity contribution < 1.29 is 14.3 Å². The van der Waals surface area contributed by atoms with Crippen LogP contribution in [0, 0.1) is 0 Å². The number of amides is 1. The van der Waals surface area contributed by atoms with Gasteiger partial charge in [-0.2, -0.15) is 0 Å². The van der Waals surface area contributed by atoms with Gasteiger partial charge in [0.1, 0.15) is 5.75 Å². The van der Waals surface area contributed by atoms with Gasteiger partial charge in [-0.1, -0.05) is 22.9 Å². The van der Waals surface area contributed by atoms with E-state index in [4.69, 9.17) is 9.47 Å². The Labute approximate surface area is 128 Å². The lowest BCUT2D eigenvalue weighted by Crippen LogP contribution is -2.31. The molecule has 0 radical (unpaired) electrons. The van der Waals surface area contributed by atoms with Crippen LogP contribution in [0.4, 0.5) is 0 Å². The first-order valence-corrected chi connectivity index (χ1v) is 7.34. The molecule has 6 heteroatoms. The van der Waals surface area contributed by atoms with Crippen LogP contribution in [0.5, 0.6) is 5.75 Å². The van der Waals surface area contributed by atoms with E-state index in [0.717, 1.165) is 23.1 Å². The van der Waals surface area contributed by atoms with E-state index < -0.39 is 0 Å². The Bertz CT molecular complexity index is 427. The third-order valence-corrected chi connectivity index (χ3v) is 3.35. The molecule has 1 aromatic carbocycles. The summed E-state index contributed by atoms with van der Waals surface area (Å²) in [6.07, 6.45) is 0. The van der Waals surface area contributed by atoms with Crippen molar-refractivity contribution in [2.24, 2.45) is 0 Å². The zero-order chi connectivity index (χ0) is 14.8. The molecule has 0 aliphatic carbocycles. The highest BCUT2D eigenvalue weighted by Gasteiger charge is 2.05. The van der Waals surface area contributed by atoms with E-state index in [1.165, 1.54) is 0 Å². The van der Waals surface area contributed by atoms with E-state index in [0.29, 0.717) is 18.9 Å². The first-order valence-electron chi connectivity index (χ1n) is 6.55. The van der Waals surface area contributed by atoms with Crippen LogP contribution < -0.4 is 15.4 Å². The van der Waals surface area contributed by atoms with Crippen LogP contribution in [0.25, 0.3) is 0 Å². The van der Waals surface area contributed by atoms with E-state index in [9.17, 15) is 4.79 Å². The van der Waals surface area contributed by atoms with E-state index in [-0.39, 0.29) is 12.5 Å². The van der Waals surface area contributed by atoms with Gasteiger partial charge >= 0.3 is 0 Å². The van der Waals surface area contributed by atoms with E-state index in [1.54, 1.807) is 7.11 Å². The topological polar surface area (TPSA) is 59.6 Å². The number of carbonyl (C=O) groups is 1. The molecule has 0 fully saturated rings. The summed E-state index contributed by atoms with van der Waals surface area (Å²) in [6.45, 7) is 4.71. The van der Waals surface area contributed by atoms with Crippen LogP contribution in [0.3, 0.4) is 0 Å². The van der Waals surface area contributed by atoms with Gasteiger partial charge in [0.25, 0.3) is 5.91 Å². The molecular formula is C14H21BrN2O3. The molecule has 0 unspecified atom stereocenters. The van der Waals surface area contributed by atoms with Gasteiger partial charge in [0.2, 0.25) is 0 Å². The molecule has 0 spiro atoms. The lowest BCUT2D eigenvalue weighted by molar-refractivity contribution is -0.123. The first kappa shape index (κ1) is 16.9. The fraction of sp³-hybridized carbons (Fsp3) is 0.500. The van der Waals surface area contributed by atoms with Crippen molar-refractivity contribution in [3.8, 4) is 5.75 Å². The maximum Gasteiger partial charge on any atom is 0.258 e. The van der Waals surface area contributed by atoms with Gasteiger partial charge in [-0.05, 0) is 30.3 Å². The predicted octanol–water partition coefficient (Wildman–Crippen LogP) is 1.70. The number of methoxy groups -OCH3 is 1. The molecule has 0 saturated heterocycles. The molecule has 0 heterocycles. The van der Waals surface area contributed by atoms with Gasteiger partial charge in [0.05, 0.1) is 6.61 Å².